The summed E-state index contributed by atoms with van der Waals surface area (Å²) in [6, 6.07) is 21.9. The molecule has 3 aromatic rings. The van der Waals surface area contributed by atoms with Crippen LogP contribution < -0.4 is 19.1 Å². The smallest absolute Gasteiger partial charge is 0.298 e. The summed E-state index contributed by atoms with van der Waals surface area (Å²) in [4.78, 5) is 32.5. The zero-order valence-electron chi connectivity index (χ0n) is 24.2. The van der Waals surface area contributed by atoms with E-state index in [-0.39, 0.29) is 11.1 Å². The Morgan fingerprint density at radius 2 is 1.50 bits per heavy atom. The first-order chi connectivity index (χ1) is 20.5. The van der Waals surface area contributed by atoms with E-state index in [0.29, 0.717) is 34.4 Å². The number of carbonyl (C=O) groups is 2. The molecular weight excluding hydrogens is 550 g/mol. The summed E-state index contributed by atoms with van der Waals surface area (Å²) in [5.74, 6) is 2.43. The van der Waals surface area contributed by atoms with Gasteiger partial charge in [0.1, 0.15) is 23.0 Å². The molecule has 3 aromatic carbocycles. The normalized spacial score (nSPS) is 17.2. The molecule has 0 radical (unpaired) electrons. The number of anilines is 1. The second-order valence-corrected chi connectivity index (χ2v) is 11.4. The van der Waals surface area contributed by atoms with E-state index in [9.17, 15) is 9.59 Å². The number of carbonyl (C=O) groups excluding carboxylic acids is 2. The fraction of sp³-hybridized carbons (Fsp3) is 0.333. The van der Waals surface area contributed by atoms with Crippen LogP contribution in [0.3, 0.4) is 0 Å². The van der Waals surface area contributed by atoms with Gasteiger partial charge in [0.05, 0.1) is 24.3 Å². The lowest BCUT2D eigenvalue weighted by Gasteiger charge is -2.32. The molecule has 8 nitrogen and oxygen atoms in total. The van der Waals surface area contributed by atoms with E-state index in [1.54, 1.807) is 25.3 Å². The predicted octanol–water partition coefficient (Wildman–Crippen LogP) is 6.52. The summed E-state index contributed by atoms with van der Waals surface area (Å²) >= 11 is 0.934. The van der Waals surface area contributed by atoms with Crippen molar-refractivity contribution in [1.82, 2.24) is 9.80 Å². The van der Waals surface area contributed by atoms with Gasteiger partial charge < -0.3 is 24.0 Å². The van der Waals surface area contributed by atoms with Gasteiger partial charge in [-0.2, -0.15) is 0 Å². The highest BCUT2D eigenvalue weighted by Crippen LogP contribution is 2.37. The number of methoxy groups -OCH3 is 1. The van der Waals surface area contributed by atoms with E-state index < -0.39 is 0 Å². The van der Waals surface area contributed by atoms with E-state index in [1.807, 2.05) is 60.7 Å². The number of amides is 2. The van der Waals surface area contributed by atoms with Crippen LogP contribution in [0.4, 0.5) is 10.5 Å². The van der Waals surface area contributed by atoms with Gasteiger partial charge in [-0.3, -0.25) is 9.59 Å². The van der Waals surface area contributed by atoms with Crippen LogP contribution in [0.15, 0.2) is 77.7 Å². The molecular formula is C33H37N3O5S. The van der Waals surface area contributed by atoms with E-state index in [0.717, 1.165) is 75.1 Å². The molecule has 5 rings (SSSR count). The van der Waals surface area contributed by atoms with Crippen molar-refractivity contribution in [3.8, 4) is 23.0 Å². The molecule has 9 heteroatoms. The Balaban J connectivity index is 1.11. The average molecular weight is 588 g/mol. The fourth-order valence-corrected chi connectivity index (χ4v) is 5.68. The molecule has 0 atom stereocenters. The van der Waals surface area contributed by atoms with Gasteiger partial charge in [-0.05, 0) is 105 Å². The number of thioether (sulfide) groups is 1. The van der Waals surface area contributed by atoms with Gasteiger partial charge in [0.25, 0.3) is 11.1 Å². The minimum Gasteiger partial charge on any atom is -0.497 e. The van der Waals surface area contributed by atoms with Gasteiger partial charge in [0.2, 0.25) is 0 Å². The van der Waals surface area contributed by atoms with Crippen molar-refractivity contribution < 1.29 is 23.8 Å². The molecule has 2 fully saturated rings. The first-order valence-electron chi connectivity index (χ1n) is 14.3. The number of imide groups is 1. The Hall–Kier alpha value is -3.79. The molecule has 2 aliphatic rings. The highest BCUT2D eigenvalue weighted by Gasteiger charge is 2.36. The van der Waals surface area contributed by atoms with Crippen LogP contribution in [0.2, 0.25) is 0 Å². The predicted molar refractivity (Wildman–Crippen MR) is 168 cm³/mol. The lowest BCUT2D eigenvalue weighted by atomic mass is 10.2. The average Bonchev–Trinajstić information content (AvgIpc) is 3.29. The summed E-state index contributed by atoms with van der Waals surface area (Å²) in [7, 11) is 3.80. The van der Waals surface area contributed by atoms with Gasteiger partial charge in [0, 0.05) is 32.2 Å². The van der Waals surface area contributed by atoms with Crippen molar-refractivity contribution in [2.24, 2.45) is 0 Å². The van der Waals surface area contributed by atoms with E-state index in [4.69, 9.17) is 14.2 Å². The topological polar surface area (TPSA) is 71.6 Å². The molecule has 2 heterocycles. The number of nitrogens with zero attached hydrogens (tertiary/aromatic N) is 3. The van der Waals surface area contributed by atoms with Crippen LogP contribution >= 0.6 is 11.8 Å². The largest absolute Gasteiger partial charge is 0.497 e. The second kappa shape index (κ2) is 14.4. The van der Waals surface area contributed by atoms with Gasteiger partial charge in [0.15, 0.2) is 0 Å². The molecule has 0 saturated carbocycles. The van der Waals surface area contributed by atoms with E-state index >= 15 is 0 Å². The third kappa shape index (κ3) is 7.94. The van der Waals surface area contributed by atoms with Crippen molar-refractivity contribution in [1.29, 1.82) is 0 Å². The minimum atomic E-state index is -0.343. The van der Waals surface area contributed by atoms with Crippen LogP contribution in [-0.2, 0) is 4.79 Å². The van der Waals surface area contributed by atoms with Crippen molar-refractivity contribution >= 4 is 34.7 Å². The third-order valence-electron chi connectivity index (χ3n) is 7.33. The minimum absolute atomic E-state index is 0.327. The third-order valence-corrected chi connectivity index (χ3v) is 8.20. The molecule has 0 spiro atoms. The highest BCUT2D eigenvalue weighted by molar-refractivity contribution is 8.19. The summed E-state index contributed by atoms with van der Waals surface area (Å²) < 4.78 is 17.0. The second-order valence-electron chi connectivity index (χ2n) is 10.4. The first-order valence-corrected chi connectivity index (χ1v) is 15.1. The Morgan fingerprint density at radius 3 is 2.21 bits per heavy atom. The lowest BCUT2D eigenvalue weighted by Crippen LogP contribution is -2.44. The molecule has 2 saturated heterocycles. The maximum absolute atomic E-state index is 13.2. The van der Waals surface area contributed by atoms with Crippen LogP contribution in [0.1, 0.15) is 24.8 Å². The number of hydrogen-bond donors (Lipinski definition) is 0. The van der Waals surface area contributed by atoms with Gasteiger partial charge >= 0.3 is 0 Å². The molecule has 0 aliphatic carbocycles. The van der Waals surface area contributed by atoms with E-state index in [1.165, 1.54) is 4.90 Å². The molecule has 220 valence electrons. The number of ether oxygens (including phenoxy) is 3. The van der Waals surface area contributed by atoms with Crippen molar-refractivity contribution in [2.75, 3.05) is 58.4 Å². The molecule has 42 heavy (non-hydrogen) atoms. The Kier molecular flexibility index (Phi) is 10.2. The SMILES string of the molecule is COc1ccc(Oc2ccc(/C=C3\SC(=O)N(c4cccc(OCCCCCN5CCN(C)CC5)c4)C3=O)cc2)cc1. The quantitative estimate of drug-likeness (QED) is 0.175. The maximum atomic E-state index is 13.2. The summed E-state index contributed by atoms with van der Waals surface area (Å²) in [6.45, 7) is 6.33. The van der Waals surface area contributed by atoms with Crippen LogP contribution in [0.5, 0.6) is 23.0 Å². The summed E-state index contributed by atoms with van der Waals surface area (Å²) in [5.41, 5.74) is 1.31. The van der Waals surface area contributed by atoms with Gasteiger partial charge in [-0.1, -0.05) is 18.2 Å². The van der Waals surface area contributed by atoms with Crippen molar-refractivity contribution in [3.05, 3.63) is 83.3 Å². The lowest BCUT2D eigenvalue weighted by molar-refractivity contribution is -0.113. The van der Waals surface area contributed by atoms with Crippen LogP contribution in [-0.4, -0.2) is 74.4 Å². The Labute approximate surface area is 251 Å². The molecule has 0 unspecified atom stereocenters. The van der Waals surface area contributed by atoms with E-state index in [2.05, 4.69) is 16.8 Å². The standard InChI is InChI=1S/C33H37N3O5S/c1-34-18-20-35(21-19-34)17-4-3-5-22-40-30-8-6-7-26(24-30)36-32(37)31(42-33(36)38)23-25-9-11-28(12-10-25)41-29-15-13-27(39-2)14-16-29/h6-16,23-24H,3-5,17-22H2,1-2H3/b31-23-. The Bertz CT molecular complexity index is 1390. The Morgan fingerprint density at radius 1 is 0.810 bits per heavy atom. The van der Waals surface area contributed by atoms with Crippen LogP contribution in [0, 0.1) is 0 Å². The number of hydrogen-bond acceptors (Lipinski definition) is 8. The molecule has 0 N–H and O–H groups in total. The van der Waals surface area contributed by atoms with Gasteiger partial charge in [-0.15, -0.1) is 0 Å². The summed E-state index contributed by atoms with van der Waals surface area (Å²) in [6.07, 6.45) is 4.96. The molecule has 2 amide bonds. The molecule has 2 aliphatic heterocycles. The fourth-order valence-electron chi connectivity index (χ4n) is 4.84. The first kappa shape index (κ1) is 29.7. The number of piperazine rings is 1. The number of benzene rings is 3. The number of unbranched alkanes of at least 4 members (excludes halogenated alkanes) is 2. The monoisotopic (exact) mass is 587 g/mol. The zero-order valence-corrected chi connectivity index (χ0v) is 25.0. The van der Waals surface area contributed by atoms with Crippen molar-refractivity contribution in [3.63, 3.8) is 0 Å². The zero-order chi connectivity index (χ0) is 29.3. The van der Waals surface area contributed by atoms with Gasteiger partial charge in [-0.25, -0.2) is 4.90 Å². The molecule has 0 aromatic heterocycles. The maximum Gasteiger partial charge on any atom is 0.298 e. The summed E-state index contributed by atoms with van der Waals surface area (Å²) in [5, 5.41) is -0.327. The van der Waals surface area contributed by atoms with Crippen LogP contribution in [0.25, 0.3) is 6.08 Å². The number of rotatable bonds is 12. The number of likely N-dealkylation sites (N-methyl/N-ethyl adjacent to an activating group) is 1. The highest BCUT2D eigenvalue weighted by atomic mass is 32.2. The van der Waals surface area contributed by atoms with Crippen molar-refractivity contribution in [2.45, 2.75) is 19.3 Å². The molecule has 0 bridgehead atoms.